The topological polar surface area (TPSA) is 58.6 Å². The van der Waals surface area contributed by atoms with Crippen molar-refractivity contribution in [2.24, 2.45) is 0 Å². The quantitative estimate of drug-likeness (QED) is 0.826. The molecule has 0 aliphatic rings. The zero-order valence-corrected chi connectivity index (χ0v) is 15.9. The Morgan fingerprint density at radius 2 is 1.92 bits per heavy atom. The second kappa shape index (κ2) is 8.67. The Kier molecular flexibility index (Phi) is 6.58. The van der Waals surface area contributed by atoms with Gasteiger partial charge in [0, 0.05) is 7.05 Å². The Hall–Kier alpha value is -2.34. The summed E-state index contributed by atoms with van der Waals surface area (Å²) in [5.41, 5.74) is 2.29. The fourth-order valence-electron chi connectivity index (χ4n) is 2.49. The molecule has 0 saturated carbocycles. The number of thiophene rings is 1. The van der Waals surface area contributed by atoms with Crippen molar-refractivity contribution in [2.45, 2.75) is 26.8 Å². The molecule has 1 aromatic heterocycles. The van der Waals surface area contributed by atoms with E-state index in [1.807, 2.05) is 37.4 Å². The minimum absolute atomic E-state index is 0.145. The van der Waals surface area contributed by atoms with Crippen LogP contribution in [0.2, 0.25) is 0 Å². The van der Waals surface area contributed by atoms with Gasteiger partial charge in [0.25, 0.3) is 5.91 Å². The monoisotopic (exact) mass is 360 g/mol. The average Bonchev–Trinajstić information content (AvgIpc) is 3.07. The first-order valence-corrected chi connectivity index (χ1v) is 9.05. The van der Waals surface area contributed by atoms with E-state index in [1.54, 1.807) is 24.9 Å². The van der Waals surface area contributed by atoms with Crippen molar-refractivity contribution in [3.63, 3.8) is 0 Å². The van der Waals surface area contributed by atoms with Crippen LogP contribution in [0.15, 0.2) is 35.7 Å². The third kappa shape index (κ3) is 5.60. The summed E-state index contributed by atoms with van der Waals surface area (Å²) in [6, 6.07) is 8.99. The molecule has 1 N–H and O–H groups in total. The summed E-state index contributed by atoms with van der Waals surface area (Å²) in [6.07, 6.45) is 0. The number of nitrogens with zero attached hydrogens (tertiary/aromatic N) is 1. The molecule has 0 unspecified atom stereocenters. The molecule has 2 aromatic rings. The van der Waals surface area contributed by atoms with Crippen molar-refractivity contribution < 1.29 is 14.3 Å². The van der Waals surface area contributed by atoms with Gasteiger partial charge < -0.3 is 15.0 Å². The number of aryl methyl sites for hydroxylation is 2. The SMILES string of the molecule is Cc1cc(C)cc(OCCN(C)C(=O)[C@H](C)NC(=O)c2cccs2)c1. The van der Waals surface area contributed by atoms with Gasteiger partial charge in [0.2, 0.25) is 5.91 Å². The molecule has 0 spiro atoms. The summed E-state index contributed by atoms with van der Waals surface area (Å²) in [4.78, 5) is 26.5. The maximum atomic E-state index is 12.4. The van der Waals surface area contributed by atoms with Crippen molar-refractivity contribution in [3.8, 4) is 5.75 Å². The highest BCUT2D eigenvalue weighted by molar-refractivity contribution is 7.12. The van der Waals surface area contributed by atoms with Crippen LogP contribution in [-0.2, 0) is 4.79 Å². The molecule has 0 aliphatic heterocycles. The molecule has 5 nitrogen and oxygen atoms in total. The predicted octanol–water partition coefficient (Wildman–Crippen LogP) is 3.02. The maximum absolute atomic E-state index is 12.4. The fraction of sp³-hybridized carbons (Fsp3) is 0.368. The molecule has 134 valence electrons. The van der Waals surface area contributed by atoms with Gasteiger partial charge in [-0.2, -0.15) is 0 Å². The number of rotatable bonds is 7. The highest BCUT2D eigenvalue weighted by Gasteiger charge is 2.20. The van der Waals surface area contributed by atoms with E-state index in [0.717, 1.165) is 16.9 Å². The van der Waals surface area contributed by atoms with Crippen LogP contribution in [0.25, 0.3) is 0 Å². The van der Waals surface area contributed by atoms with Gasteiger partial charge in [-0.25, -0.2) is 0 Å². The minimum atomic E-state index is -0.583. The Labute approximate surface area is 152 Å². The van der Waals surface area contributed by atoms with Gasteiger partial charge in [-0.15, -0.1) is 11.3 Å². The first-order chi connectivity index (χ1) is 11.9. The molecule has 1 aromatic carbocycles. The second-order valence-electron chi connectivity index (χ2n) is 6.10. The highest BCUT2D eigenvalue weighted by atomic mass is 32.1. The summed E-state index contributed by atoms with van der Waals surface area (Å²) in [7, 11) is 1.71. The van der Waals surface area contributed by atoms with Crippen molar-refractivity contribution in [1.82, 2.24) is 10.2 Å². The normalized spacial score (nSPS) is 11.7. The molecule has 25 heavy (non-hydrogen) atoms. The number of carbonyl (C=O) groups is 2. The van der Waals surface area contributed by atoms with Gasteiger partial charge >= 0.3 is 0 Å². The minimum Gasteiger partial charge on any atom is -0.492 e. The van der Waals surface area contributed by atoms with Crippen LogP contribution in [0.4, 0.5) is 0 Å². The molecule has 6 heteroatoms. The lowest BCUT2D eigenvalue weighted by molar-refractivity contribution is -0.131. The molecule has 0 radical (unpaired) electrons. The van der Waals surface area contributed by atoms with Gasteiger partial charge in [0.1, 0.15) is 18.4 Å². The highest BCUT2D eigenvalue weighted by Crippen LogP contribution is 2.16. The van der Waals surface area contributed by atoms with E-state index in [0.29, 0.717) is 18.0 Å². The van der Waals surface area contributed by atoms with Crippen LogP contribution in [0, 0.1) is 13.8 Å². The molecule has 0 bridgehead atoms. The van der Waals surface area contributed by atoms with Crippen LogP contribution in [0.3, 0.4) is 0 Å². The first kappa shape index (κ1) is 19.0. The molecule has 0 saturated heterocycles. The van der Waals surface area contributed by atoms with Crippen LogP contribution in [0.5, 0.6) is 5.75 Å². The molecular weight excluding hydrogens is 336 g/mol. The van der Waals surface area contributed by atoms with Gasteiger partial charge in [0.15, 0.2) is 0 Å². The Balaban J connectivity index is 1.80. The van der Waals surface area contributed by atoms with Gasteiger partial charge in [-0.05, 0) is 55.5 Å². The van der Waals surface area contributed by atoms with E-state index in [-0.39, 0.29) is 11.8 Å². The molecule has 1 atom stereocenters. The Morgan fingerprint density at radius 3 is 2.52 bits per heavy atom. The van der Waals surface area contributed by atoms with E-state index in [9.17, 15) is 9.59 Å². The summed E-state index contributed by atoms with van der Waals surface area (Å²) in [6.45, 7) is 6.58. The average molecular weight is 360 g/mol. The molecular formula is C19H24N2O3S. The number of hydrogen-bond donors (Lipinski definition) is 1. The van der Waals surface area contributed by atoms with Gasteiger partial charge in [-0.1, -0.05) is 12.1 Å². The summed E-state index contributed by atoms with van der Waals surface area (Å²) < 4.78 is 5.73. The van der Waals surface area contributed by atoms with Crippen molar-refractivity contribution >= 4 is 23.2 Å². The number of carbonyl (C=O) groups excluding carboxylic acids is 2. The van der Waals surface area contributed by atoms with Crippen molar-refractivity contribution in [2.75, 3.05) is 20.2 Å². The number of amides is 2. The largest absolute Gasteiger partial charge is 0.492 e. The van der Waals surface area contributed by atoms with Gasteiger partial charge in [0.05, 0.1) is 11.4 Å². The van der Waals surface area contributed by atoms with Crippen LogP contribution >= 0.6 is 11.3 Å². The molecule has 2 rings (SSSR count). The lowest BCUT2D eigenvalue weighted by Crippen LogP contribution is -2.46. The van der Waals surface area contributed by atoms with E-state index < -0.39 is 6.04 Å². The Bertz CT molecular complexity index is 708. The van der Waals surface area contributed by atoms with E-state index in [4.69, 9.17) is 4.74 Å². The zero-order valence-electron chi connectivity index (χ0n) is 15.0. The number of nitrogens with one attached hydrogen (secondary N) is 1. The van der Waals surface area contributed by atoms with Crippen molar-refractivity contribution in [1.29, 1.82) is 0 Å². The van der Waals surface area contributed by atoms with Crippen molar-refractivity contribution in [3.05, 3.63) is 51.7 Å². The number of hydrogen-bond acceptors (Lipinski definition) is 4. The third-order valence-corrected chi connectivity index (χ3v) is 4.60. The maximum Gasteiger partial charge on any atom is 0.261 e. The molecule has 1 heterocycles. The van der Waals surface area contributed by atoms with Crippen LogP contribution in [-0.4, -0.2) is 43.0 Å². The summed E-state index contributed by atoms with van der Waals surface area (Å²) >= 11 is 1.35. The molecule has 0 fully saturated rings. The first-order valence-electron chi connectivity index (χ1n) is 8.17. The number of ether oxygens (including phenoxy) is 1. The summed E-state index contributed by atoms with van der Waals surface area (Å²) in [5.74, 6) is 0.432. The smallest absolute Gasteiger partial charge is 0.261 e. The van der Waals surface area contributed by atoms with E-state index >= 15 is 0 Å². The Morgan fingerprint density at radius 1 is 1.24 bits per heavy atom. The number of likely N-dealkylation sites (N-methyl/N-ethyl adjacent to an activating group) is 1. The number of benzene rings is 1. The standard InChI is InChI=1S/C19H24N2O3S/c1-13-10-14(2)12-16(11-13)24-8-7-21(4)19(23)15(3)20-18(22)17-6-5-9-25-17/h5-6,9-12,15H,7-8H2,1-4H3,(H,20,22)/t15-/m0/s1. The lowest BCUT2D eigenvalue weighted by Gasteiger charge is -2.22. The van der Waals surface area contributed by atoms with Crippen LogP contribution < -0.4 is 10.1 Å². The third-order valence-electron chi connectivity index (χ3n) is 3.73. The summed E-state index contributed by atoms with van der Waals surface area (Å²) in [5, 5.41) is 4.56. The second-order valence-corrected chi connectivity index (χ2v) is 7.05. The van der Waals surface area contributed by atoms with Gasteiger partial charge in [-0.3, -0.25) is 9.59 Å². The zero-order chi connectivity index (χ0) is 18.4. The van der Waals surface area contributed by atoms with E-state index in [2.05, 4.69) is 11.4 Å². The van der Waals surface area contributed by atoms with Crippen LogP contribution in [0.1, 0.15) is 27.7 Å². The predicted molar refractivity (Wildman–Crippen MR) is 100 cm³/mol. The fourth-order valence-corrected chi connectivity index (χ4v) is 3.12. The lowest BCUT2D eigenvalue weighted by atomic mass is 10.1. The molecule has 2 amide bonds. The molecule has 0 aliphatic carbocycles. The van der Waals surface area contributed by atoms with E-state index in [1.165, 1.54) is 11.3 Å².